The van der Waals surface area contributed by atoms with Crippen LogP contribution in [-0.2, 0) is 16.1 Å². The van der Waals surface area contributed by atoms with Crippen molar-refractivity contribution in [2.24, 2.45) is 0 Å². The molecule has 0 aromatic heterocycles. The fourth-order valence-electron chi connectivity index (χ4n) is 4.81. The molecular weight excluding hydrogens is 478 g/mol. The van der Waals surface area contributed by atoms with Gasteiger partial charge in [0.2, 0.25) is 5.91 Å². The molecule has 0 bridgehead atoms. The summed E-state index contributed by atoms with van der Waals surface area (Å²) in [5.74, 6) is 0.662. The predicted molar refractivity (Wildman–Crippen MR) is 147 cm³/mol. The first-order valence-electron chi connectivity index (χ1n) is 13.0. The van der Waals surface area contributed by atoms with Gasteiger partial charge in [-0.05, 0) is 61.2 Å². The highest BCUT2D eigenvalue weighted by Crippen LogP contribution is 2.36. The Morgan fingerprint density at radius 2 is 1.84 bits per heavy atom. The Balaban J connectivity index is 1.25. The maximum Gasteiger partial charge on any atom is 0.294 e. The Hall–Kier alpha value is -4.39. The minimum atomic E-state index is -0.219. The summed E-state index contributed by atoms with van der Waals surface area (Å²) < 4.78 is 6.00. The van der Waals surface area contributed by atoms with Crippen molar-refractivity contribution in [3.05, 3.63) is 101 Å². The molecule has 3 aromatic carbocycles. The van der Waals surface area contributed by atoms with Gasteiger partial charge in [-0.3, -0.25) is 19.3 Å². The number of amides is 3. The second-order valence-electron chi connectivity index (χ2n) is 9.67. The molecule has 0 atom stereocenters. The van der Waals surface area contributed by atoms with Crippen LogP contribution in [0.5, 0.6) is 5.75 Å². The maximum absolute atomic E-state index is 13.5. The molecule has 3 amide bonds. The number of rotatable bonds is 8. The molecule has 1 saturated heterocycles. The average molecular weight is 510 g/mol. The third kappa shape index (κ3) is 5.78. The quantitative estimate of drug-likeness (QED) is 0.353. The third-order valence-corrected chi connectivity index (χ3v) is 6.79. The number of carbonyl (C=O) groups excluding carboxylic acids is 3. The van der Waals surface area contributed by atoms with Gasteiger partial charge in [-0.1, -0.05) is 54.1 Å². The molecule has 194 valence electrons. The highest BCUT2D eigenvalue weighted by Gasteiger charge is 2.30. The van der Waals surface area contributed by atoms with E-state index < -0.39 is 0 Å². The largest absolute Gasteiger partial charge is 0.449 e. The van der Waals surface area contributed by atoms with Gasteiger partial charge in [0.1, 0.15) is 0 Å². The monoisotopic (exact) mass is 509 g/mol. The number of anilines is 1. The summed E-state index contributed by atoms with van der Waals surface area (Å²) in [4.78, 5) is 41.3. The van der Waals surface area contributed by atoms with Crippen molar-refractivity contribution in [1.29, 1.82) is 0 Å². The summed E-state index contributed by atoms with van der Waals surface area (Å²) in [7, 11) is 0. The Bertz CT molecular complexity index is 1380. The topological polar surface area (TPSA) is 79.0 Å². The summed E-state index contributed by atoms with van der Waals surface area (Å²) in [5.41, 5.74) is 4.20. The summed E-state index contributed by atoms with van der Waals surface area (Å²) in [6, 6.07) is 22.7. The van der Waals surface area contributed by atoms with E-state index in [1.165, 1.54) is 0 Å². The fourth-order valence-corrected chi connectivity index (χ4v) is 4.81. The van der Waals surface area contributed by atoms with Gasteiger partial charge in [0.15, 0.2) is 11.5 Å². The molecule has 0 radical (unpaired) electrons. The summed E-state index contributed by atoms with van der Waals surface area (Å²) in [5, 5.41) is 2.91. The molecule has 0 unspecified atom stereocenters. The van der Waals surface area contributed by atoms with E-state index in [0.29, 0.717) is 37.4 Å². The van der Waals surface area contributed by atoms with Gasteiger partial charge >= 0.3 is 0 Å². The first-order valence-corrected chi connectivity index (χ1v) is 13.0. The van der Waals surface area contributed by atoms with Crippen LogP contribution in [0, 0.1) is 6.92 Å². The second kappa shape index (κ2) is 11.3. The van der Waals surface area contributed by atoms with Gasteiger partial charge in [-0.15, -0.1) is 0 Å². The second-order valence-corrected chi connectivity index (χ2v) is 9.67. The van der Waals surface area contributed by atoms with E-state index in [9.17, 15) is 14.4 Å². The van der Waals surface area contributed by atoms with Crippen LogP contribution in [0.3, 0.4) is 0 Å². The molecule has 5 rings (SSSR count). The maximum atomic E-state index is 13.5. The van der Waals surface area contributed by atoms with Gasteiger partial charge < -0.3 is 15.0 Å². The van der Waals surface area contributed by atoms with Gasteiger partial charge in [-0.25, -0.2) is 0 Å². The van der Waals surface area contributed by atoms with Gasteiger partial charge in [0, 0.05) is 31.6 Å². The number of fused-ring (bicyclic) bond motifs is 1. The van der Waals surface area contributed by atoms with Crippen LogP contribution < -0.4 is 15.0 Å². The number of nitrogens with zero attached hydrogens (tertiary/aromatic N) is 2. The molecule has 0 aliphatic carbocycles. The summed E-state index contributed by atoms with van der Waals surface area (Å²) >= 11 is 0. The molecule has 1 N–H and O–H groups in total. The highest BCUT2D eigenvalue weighted by atomic mass is 16.5. The molecule has 1 fully saturated rings. The molecule has 7 nitrogen and oxygen atoms in total. The molecule has 0 saturated carbocycles. The number of ether oxygens (including phenoxy) is 1. The SMILES string of the molecule is Cc1cccc(CN2C(=O)C(=Cc3ccc(C(=O)NCCCN4CCCC4=O)cc3)Oc3ccccc32)c1. The number of hydrogen-bond donors (Lipinski definition) is 1. The van der Waals surface area contributed by atoms with E-state index in [2.05, 4.69) is 11.4 Å². The van der Waals surface area contributed by atoms with E-state index in [1.807, 2.05) is 54.3 Å². The van der Waals surface area contributed by atoms with Crippen LogP contribution in [0.15, 0.2) is 78.6 Å². The summed E-state index contributed by atoms with van der Waals surface area (Å²) in [6.45, 7) is 4.45. The van der Waals surface area contributed by atoms with Crippen molar-refractivity contribution >= 4 is 29.5 Å². The van der Waals surface area contributed by atoms with Gasteiger partial charge in [0.25, 0.3) is 11.8 Å². The molecular formula is C31H31N3O4. The highest BCUT2D eigenvalue weighted by molar-refractivity contribution is 6.09. The van der Waals surface area contributed by atoms with Crippen molar-refractivity contribution in [2.75, 3.05) is 24.5 Å². The van der Waals surface area contributed by atoms with Crippen molar-refractivity contribution in [3.8, 4) is 5.75 Å². The zero-order valence-electron chi connectivity index (χ0n) is 21.5. The molecule has 0 spiro atoms. The fraction of sp³-hybridized carbons (Fsp3) is 0.258. The van der Waals surface area contributed by atoms with E-state index in [1.54, 1.807) is 35.2 Å². The van der Waals surface area contributed by atoms with Crippen LogP contribution in [0.2, 0.25) is 0 Å². The van der Waals surface area contributed by atoms with Crippen LogP contribution in [0.4, 0.5) is 5.69 Å². The molecule has 2 heterocycles. The van der Waals surface area contributed by atoms with Crippen LogP contribution in [0.1, 0.15) is 46.3 Å². The zero-order chi connectivity index (χ0) is 26.5. The molecule has 3 aromatic rings. The lowest BCUT2D eigenvalue weighted by Crippen LogP contribution is -2.36. The Kier molecular flexibility index (Phi) is 7.54. The number of hydrogen-bond acceptors (Lipinski definition) is 4. The number of nitrogens with one attached hydrogen (secondary N) is 1. The Morgan fingerprint density at radius 3 is 2.61 bits per heavy atom. The molecule has 38 heavy (non-hydrogen) atoms. The predicted octanol–water partition coefficient (Wildman–Crippen LogP) is 4.70. The first-order chi connectivity index (χ1) is 18.5. The van der Waals surface area contributed by atoms with Crippen LogP contribution >= 0.6 is 0 Å². The summed E-state index contributed by atoms with van der Waals surface area (Å²) in [6.07, 6.45) is 3.97. The Labute approximate surface area is 222 Å². The van der Waals surface area contributed by atoms with E-state index >= 15 is 0 Å². The van der Waals surface area contributed by atoms with Crippen molar-refractivity contribution in [2.45, 2.75) is 32.7 Å². The van der Waals surface area contributed by atoms with Gasteiger partial charge in [-0.2, -0.15) is 0 Å². The molecule has 7 heteroatoms. The average Bonchev–Trinajstić information content (AvgIpc) is 3.33. The van der Waals surface area contributed by atoms with Crippen molar-refractivity contribution < 1.29 is 19.1 Å². The lowest BCUT2D eigenvalue weighted by molar-refractivity contribution is -0.127. The minimum absolute atomic E-state index is 0.166. The molecule has 2 aliphatic heterocycles. The van der Waals surface area contributed by atoms with E-state index in [0.717, 1.165) is 41.8 Å². The zero-order valence-corrected chi connectivity index (χ0v) is 21.5. The number of aryl methyl sites for hydroxylation is 1. The van der Waals surface area contributed by atoms with Crippen LogP contribution in [0.25, 0.3) is 6.08 Å². The normalized spacial score (nSPS) is 16.0. The van der Waals surface area contributed by atoms with E-state index in [-0.39, 0.29) is 23.5 Å². The first kappa shape index (κ1) is 25.3. The van der Waals surface area contributed by atoms with E-state index in [4.69, 9.17) is 4.74 Å². The van der Waals surface area contributed by atoms with Crippen molar-refractivity contribution in [1.82, 2.24) is 10.2 Å². The van der Waals surface area contributed by atoms with Crippen molar-refractivity contribution in [3.63, 3.8) is 0 Å². The van der Waals surface area contributed by atoms with Gasteiger partial charge in [0.05, 0.1) is 12.2 Å². The smallest absolute Gasteiger partial charge is 0.294 e. The third-order valence-electron chi connectivity index (χ3n) is 6.79. The lowest BCUT2D eigenvalue weighted by Gasteiger charge is -2.30. The lowest BCUT2D eigenvalue weighted by atomic mass is 10.1. The number of para-hydroxylation sites is 2. The number of likely N-dealkylation sites (tertiary alicyclic amines) is 1. The Morgan fingerprint density at radius 1 is 1.03 bits per heavy atom. The minimum Gasteiger partial charge on any atom is -0.449 e. The standard InChI is InChI=1S/C31H31N3O4/c1-22-7-4-8-24(19-22)21-34-26-9-2-3-10-27(26)38-28(31(34)37)20-23-12-14-25(15-13-23)30(36)32-16-6-18-33-17-5-11-29(33)35/h2-4,7-10,12-15,19-20H,5-6,11,16-18,21H2,1H3,(H,32,36). The number of benzene rings is 3. The number of carbonyl (C=O) groups is 3. The van der Waals surface area contributed by atoms with Crippen LogP contribution in [-0.4, -0.2) is 42.3 Å². The molecule has 2 aliphatic rings.